The van der Waals surface area contributed by atoms with Gasteiger partial charge in [-0.1, -0.05) is 31.4 Å². The zero-order chi connectivity index (χ0) is 15.6. The highest BCUT2D eigenvalue weighted by molar-refractivity contribution is 5.83. The lowest BCUT2D eigenvalue weighted by Gasteiger charge is -2.36. The number of carbonyl (C=O) groups is 1. The minimum Gasteiger partial charge on any atom is -0.493 e. The Morgan fingerprint density at radius 3 is 2.55 bits per heavy atom. The fraction of sp³-hybridized carbons (Fsp3) is 0.588. The molecular formula is C17H22O5. The Hall–Kier alpha value is -1.75. The molecular weight excluding hydrogens is 284 g/mol. The van der Waals surface area contributed by atoms with Crippen LogP contribution in [0.3, 0.4) is 0 Å². The molecule has 1 aromatic rings. The Morgan fingerprint density at radius 1 is 1.27 bits per heavy atom. The van der Waals surface area contributed by atoms with E-state index in [9.17, 15) is 9.90 Å². The molecule has 1 saturated carbocycles. The van der Waals surface area contributed by atoms with Crippen LogP contribution in [0.25, 0.3) is 0 Å². The molecule has 5 heteroatoms. The molecule has 0 amide bonds. The molecule has 1 aliphatic heterocycles. The first-order valence-electron chi connectivity index (χ1n) is 7.82. The molecule has 3 rings (SSSR count). The lowest BCUT2D eigenvalue weighted by Crippen LogP contribution is -2.41. The molecule has 0 aromatic heterocycles. The summed E-state index contributed by atoms with van der Waals surface area (Å²) in [6.07, 6.45) is 4.21. The molecule has 2 aliphatic rings. The van der Waals surface area contributed by atoms with Crippen LogP contribution < -0.4 is 9.47 Å². The molecule has 1 aliphatic carbocycles. The molecule has 0 unspecified atom stereocenters. The van der Waals surface area contributed by atoms with Crippen molar-refractivity contribution in [2.24, 2.45) is 0 Å². The largest absolute Gasteiger partial charge is 0.493 e. The summed E-state index contributed by atoms with van der Waals surface area (Å²) in [5, 5.41) is 9.91. The van der Waals surface area contributed by atoms with E-state index in [1.54, 1.807) is 7.11 Å². The van der Waals surface area contributed by atoms with Crippen molar-refractivity contribution in [1.29, 1.82) is 0 Å². The minimum absolute atomic E-state index is 0.0236. The van der Waals surface area contributed by atoms with E-state index in [1.807, 2.05) is 18.2 Å². The van der Waals surface area contributed by atoms with E-state index in [-0.39, 0.29) is 6.10 Å². The van der Waals surface area contributed by atoms with Crippen LogP contribution in [0.4, 0.5) is 0 Å². The van der Waals surface area contributed by atoms with Gasteiger partial charge in [0, 0.05) is 5.56 Å². The molecule has 0 spiro atoms. The number of para-hydroxylation sites is 1. The van der Waals surface area contributed by atoms with Gasteiger partial charge >= 0.3 is 5.97 Å². The summed E-state index contributed by atoms with van der Waals surface area (Å²) in [6.45, 7) is 1.08. The number of hydrogen-bond acceptors (Lipinski definition) is 4. The van der Waals surface area contributed by atoms with Gasteiger partial charge < -0.3 is 19.3 Å². The third-order valence-corrected chi connectivity index (χ3v) is 4.72. The van der Waals surface area contributed by atoms with Crippen molar-refractivity contribution < 1.29 is 24.1 Å². The molecule has 22 heavy (non-hydrogen) atoms. The van der Waals surface area contributed by atoms with Crippen LogP contribution in [0.2, 0.25) is 0 Å². The fourth-order valence-corrected chi connectivity index (χ4v) is 3.38. The lowest BCUT2D eigenvalue weighted by atomic mass is 9.69. The van der Waals surface area contributed by atoms with Crippen molar-refractivity contribution in [3.8, 4) is 11.5 Å². The van der Waals surface area contributed by atoms with Crippen LogP contribution in [0.15, 0.2) is 18.2 Å². The summed E-state index contributed by atoms with van der Waals surface area (Å²) in [5.74, 6) is 0.397. The van der Waals surface area contributed by atoms with Crippen molar-refractivity contribution in [3.63, 3.8) is 0 Å². The number of carboxylic acid groups (broad SMARTS) is 1. The second kappa shape index (κ2) is 6.16. The lowest BCUT2D eigenvalue weighted by molar-refractivity contribution is -0.145. The van der Waals surface area contributed by atoms with Gasteiger partial charge in [-0.3, -0.25) is 4.79 Å². The van der Waals surface area contributed by atoms with Gasteiger partial charge in [0.15, 0.2) is 11.5 Å². The maximum atomic E-state index is 12.1. The molecule has 1 saturated heterocycles. The number of methoxy groups -OCH3 is 1. The standard InChI is InChI=1S/C17H22O5/c1-20-14-7-5-6-13(15(14)22-12-10-21-11-12)17(16(18)19)8-3-2-4-9-17/h5-7,12H,2-4,8-11H2,1H3,(H,18,19). The predicted molar refractivity (Wildman–Crippen MR) is 80.6 cm³/mol. The molecule has 0 atom stereocenters. The summed E-state index contributed by atoms with van der Waals surface area (Å²) in [5.41, 5.74) is -0.127. The highest BCUT2D eigenvalue weighted by Gasteiger charge is 2.44. The maximum Gasteiger partial charge on any atom is 0.314 e. The Morgan fingerprint density at radius 2 is 2.00 bits per heavy atom. The third-order valence-electron chi connectivity index (χ3n) is 4.72. The van der Waals surface area contributed by atoms with Crippen LogP contribution in [-0.4, -0.2) is 37.5 Å². The van der Waals surface area contributed by atoms with Gasteiger partial charge in [-0.2, -0.15) is 0 Å². The van der Waals surface area contributed by atoms with E-state index < -0.39 is 11.4 Å². The van der Waals surface area contributed by atoms with Crippen molar-refractivity contribution in [2.75, 3.05) is 20.3 Å². The maximum absolute atomic E-state index is 12.1. The topological polar surface area (TPSA) is 65.0 Å². The summed E-state index contributed by atoms with van der Waals surface area (Å²) in [6, 6.07) is 5.53. The van der Waals surface area contributed by atoms with Crippen molar-refractivity contribution in [1.82, 2.24) is 0 Å². The molecule has 0 radical (unpaired) electrons. The second-order valence-corrected chi connectivity index (χ2v) is 6.06. The number of benzene rings is 1. The predicted octanol–water partition coefficient (Wildman–Crippen LogP) is 2.76. The molecule has 1 aromatic carbocycles. The molecule has 5 nitrogen and oxygen atoms in total. The SMILES string of the molecule is COc1cccc(C2(C(=O)O)CCCCC2)c1OC1COC1. The van der Waals surface area contributed by atoms with Crippen molar-refractivity contribution in [2.45, 2.75) is 43.6 Å². The van der Waals surface area contributed by atoms with Crippen LogP contribution in [0.1, 0.15) is 37.7 Å². The normalized spacial score (nSPS) is 21.0. The fourth-order valence-electron chi connectivity index (χ4n) is 3.38. The van der Waals surface area contributed by atoms with E-state index in [2.05, 4.69) is 0 Å². The quantitative estimate of drug-likeness (QED) is 0.906. The van der Waals surface area contributed by atoms with E-state index in [1.165, 1.54) is 0 Å². The number of ether oxygens (including phenoxy) is 3. The van der Waals surface area contributed by atoms with Gasteiger partial charge in [-0.15, -0.1) is 0 Å². The number of rotatable bonds is 5. The number of carboxylic acids is 1. The highest BCUT2D eigenvalue weighted by Crippen LogP contribution is 2.47. The summed E-state index contributed by atoms with van der Waals surface area (Å²) >= 11 is 0. The molecule has 1 N–H and O–H groups in total. The van der Waals surface area contributed by atoms with Gasteiger partial charge in [0.25, 0.3) is 0 Å². The molecule has 0 bridgehead atoms. The van der Waals surface area contributed by atoms with E-state index in [4.69, 9.17) is 14.2 Å². The van der Waals surface area contributed by atoms with Crippen LogP contribution >= 0.6 is 0 Å². The smallest absolute Gasteiger partial charge is 0.314 e. The monoisotopic (exact) mass is 306 g/mol. The molecule has 120 valence electrons. The van der Waals surface area contributed by atoms with Gasteiger partial charge in [-0.05, 0) is 18.9 Å². The number of aliphatic carboxylic acids is 1. The molecule has 2 fully saturated rings. The summed E-state index contributed by atoms with van der Waals surface area (Å²) < 4.78 is 16.6. The Balaban J connectivity index is 2.04. The van der Waals surface area contributed by atoms with E-state index in [0.29, 0.717) is 37.6 Å². The Kier molecular flexibility index (Phi) is 4.25. The Labute approximate surface area is 130 Å². The van der Waals surface area contributed by atoms with E-state index >= 15 is 0 Å². The second-order valence-electron chi connectivity index (χ2n) is 6.06. The van der Waals surface area contributed by atoms with Gasteiger partial charge in [-0.25, -0.2) is 0 Å². The van der Waals surface area contributed by atoms with Gasteiger partial charge in [0.2, 0.25) is 0 Å². The summed E-state index contributed by atoms with van der Waals surface area (Å²) in [7, 11) is 1.58. The average Bonchev–Trinajstić information content (AvgIpc) is 2.51. The minimum atomic E-state index is -0.868. The highest BCUT2D eigenvalue weighted by atomic mass is 16.6. The van der Waals surface area contributed by atoms with Crippen LogP contribution in [0.5, 0.6) is 11.5 Å². The zero-order valence-corrected chi connectivity index (χ0v) is 12.8. The number of hydrogen-bond donors (Lipinski definition) is 1. The average molecular weight is 306 g/mol. The van der Waals surface area contributed by atoms with Crippen molar-refractivity contribution in [3.05, 3.63) is 23.8 Å². The first-order chi connectivity index (χ1) is 10.7. The van der Waals surface area contributed by atoms with Gasteiger partial charge in [0.1, 0.15) is 6.10 Å². The first-order valence-corrected chi connectivity index (χ1v) is 7.82. The molecule has 1 heterocycles. The zero-order valence-electron chi connectivity index (χ0n) is 12.8. The Bertz CT molecular complexity index is 544. The van der Waals surface area contributed by atoms with E-state index in [0.717, 1.165) is 24.8 Å². The van der Waals surface area contributed by atoms with Crippen LogP contribution in [-0.2, 0) is 14.9 Å². The first kappa shape index (κ1) is 15.2. The third kappa shape index (κ3) is 2.54. The van der Waals surface area contributed by atoms with Crippen LogP contribution in [0, 0.1) is 0 Å². The van der Waals surface area contributed by atoms with Crippen molar-refractivity contribution >= 4 is 5.97 Å². The van der Waals surface area contributed by atoms with Gasteiger partial charge in [0.05, 0.1) is 25.7 Å². The summed E-state index contributed by atoms with van der Waals surface area (Å²) in [4.78, 5) is 12.1.